The summed E-state index contributed by atoms with van der Waals surface area (Å²) in [5.74, 6) is 0.335. The molecule has 1 aromatic heterocycles. The largest absolute Gasteiger partial charge is 0.507 e. The van der Waals surface area contributed by atoms with Crippen molar-refractivity contribution in [2.45, 2.75) is 32.6 Å². The maximum absolute atomic E-state index is 11.9. The maximum atomic E-state index is 11.9. The van der Waals surface area contributed by atoms with E-state index in [1.807, 2.05) is 0 Å². The van der Waals surface area contributed by atoms with E-state index in [4.69, 9.17) is 4.74 Å². The van der Waals surface area contributed by atoms with Crippen LogP contribution in [0.25, 0.3) is 5.76 Å². The van der Waals surface area contributed by atoms with Gasteiger partial charge in [-0.3, -0.25) is 4.79 Å². The number of thiazole rings is 1. The Bertz CT molecular complexity index is 811. The second kappa shape index (κ2) is 7.61. The molecule has 6 heteroatoms. The summed E-state index contributed by atoms with van der Waals surface area (Å²) >= 11 is 1.56. The van der Waals surface area contributed by atoms with Crippen LogP contribution in [0.3, 0.4) is 0 Å². The van der Waals surface area contributed by atoms with E-state index < -0.39 is 0 Å². The van der Waals surface area contributed by atoms with Gasteiger partial charge in [0.05, 0.1) is 18.4 Å². The van der Waals surface area contributed by atoms with Crippen molar-refractivity contribution in [3.63, 3.8) is 0 Å². The number of aliphatic hydroxyl groups is 1. The number of fused-ring (bicyclic) bond motifs is 1. The SMILES string of the molecule is COc1ccc(/C(O)=C(/C=N/c2nc3c(s2)CCCC3)C(C)=O)cc1. The summed E-state index contributed by atoms with van der Waals surface area (Å²) in [6.45, 7) is 1.41. The standard InChI is InChI=1S/C19H20N2O3S/c1-12(22)15(18(23)13-7-9-14(24-2)10-8-13)11-20-19-21-16-5-3-4-6-17(16)25-19/h7-11,23H,3-6H2,1-2H3/b18-15+,20-11+. The highest BCUT2D eigenvalue weighted by Crippen LogP contribution is 2.31. The Hall–Kier alpha value is -2.47. The van der Waals surface area contributed by atoms with Crippen LogP contribution in [0.2, 0.25) is 0 Å². The highest BCUT2D eigenvalue weighted by atomic mass is 32.1. The Morgan fingerprint density at radius 2 is 2.00 bits per heavy atom. The van der Waals surface area contributed by atoms with E-state index in [0.29, 0.717) is 16.4 Å². The van der Waals surface area contributed by atoms with Crippen LogP contribution in [-0.4, -0.2) is 29.2 Å². The molecule has 1 heterocycles. The molecule has 0 unspecified atom stereocenters. The van der Waals surface area contributed by atoms with Gasteiger partial charge < -0.3 is 9.84 Å². The van der Waals surface area contributed by atoms with Gasteiger partial charge in [-0.1, -0.05) is 11.3 Å². The molecule has 130 valence electrons. The number of ether oxygens (including phenoxy) is 1. The molecular weight excluding hydrogens is 336 g/mol. The molecule has 5 nitrogen and oxygen atoms in total. The van der Waals surface area contributed by atoms with Crippen molar-refractivity contribution in [2.75, 3.05) is 7.11 Å². The van der Waals surface area contributed by atoms with Crippen LogP contribution in [0.4, 0.5) is 5.13 Å². The predicted molar refractivity (Wildman–Crippen MR) is 100 cm³/mol. The van der Waals surface area contributed by atoms with Crippen molar-refractivity contribution in [2.24, 2.45) is 4.99 Å². The highest BCUT2D eigenvalue weighted by molar-refractivity contribution is 7.15. The van der Waals surface area contributed by atoms with Crippen molar-refractivity contribution in [1.29, 1.82) is 0 Å². The van der Waals surface area contributed by atoms with Gasteiger partial charge in [-0.25, -0.2) is 9.98 Å². The summed E-state index contributed by atoms with van der Waals surface area (Å²) in [6, 6.07) is 6.87. The zero-order valence-corrected chi connectivity index (χ0v) is 15.1. The monoisotopic (exact) mass is 356 g/mol. The van der Waals surface area contributed by atoms with Crippen molar-refractivity contribution >= 4 is 34.2 Å². The second-order valence-corrected chi connectivity index (χ2v) is 6.94. The Morgan fingerprint density at radius 1 is 1.28 bits per heavy atom. The lowest BCUT2D eigenvalue weighted by Crippen LogP contribution is -2.03. The Morgan fingerprint density at radius 3 is 2.64 bits per heavy atom. The summed E-state index contributed by atoms with van der Waals surface area (Å²) in [7, 11) is 1.58. The topological polar surface area (TPSA) is 71.8 Å². The van der Waals surface area contributed by atoms with E-state index in [1.54, 1.807) is 42.7 Å². The summed E-state index contributed by atoms with van der Waals surface area (Å²) in [4.78, 5) is 22.1. The molecule has 0 saturated carbocycles. The fourth-order valence-corrected chi connectivity index (χ4v) is 3.73. The predicted octanol–water partition coefficient (Wildman–Crippen LogP) is 4.29. The van der Waals surface area contributed by atoms with Gasteiger partial charge in [-0.05, 0) is 56.9 Å². The molecule has 2 aromatic rings. The Kier molecular flexibility index (Phi) is 5.28. The summed E-state index contributed by atoms with van der Waals surface area (Å²) in [6.07, 6.45) is 5.81. The molecule has 0 spiro atoms. The lowest BCUT2D eigenvalue weighted by Gasteiger charge is -2.06. The van der Waals surface area contributed by atoms with E-state index in [2.05, 4.69) is 9.98 Å². The van der Waals surface area contributed by atoms with Gasteiger partial charge in [0.25, 0.3) is 0 Å². The van der Waals surface area contributed by atoms with Gasteiger partial charge in [0.15, 0.2) is 5.78 Å². The van der Waals surface area contributed by atoms with Crippen molar-refractivity contribution < 1.29 is 14.6 Å². The zero-order chi connectivity index (χ0) is 17.8. The smallest absolute Gasteiger partial charge is 0.209 e. The molecule has 3 rings (SSSR count). The van der Waals surface area contributed by atoms with E-state index in [9.17, 15) is 9.90 Å². The number of nitrogens with zero attached hydrogens (tertiary/aromatic N) is 2. The average molecular weight is 356 g/mol. The fourth-order valence-electron chi connectivity index (χ4n) is 2.74. The molecular formula is C19H20N2O3S. The number of aliphatic hydroxyl groups excluding tert-OH is 1. The number of benzene rings is 1. The molecule has 0 radical (unpaired) electrons. The number of carbonyl (C=O) groups is 1. The number of carbonyl (C=O) groups excluding carboxylic acids is 1. The molecule has 0 fully saturated rings. The molecule has 1 aliphatic carbocycles. The van der Waals surface area contributed by atoms with E-state index >= 15 is 0 Å². The van der Waals surface area contributed by atoms with Crippen LogP contribution in [-0.2, 0) is 17.6 Å². The van der Waals surface area contributed by atoms with Crippen LogP contribution in [0.5, 0.6) is 5.75 Å². The first-order valence-electron chi connectivity index (χ1n) is 8.19. The average Bonchev–Trinajstić information content (AvgIpc) is 3.04. The Balaban J connectivity index is 1.89. The van der Waals surface area contributed by atoms with Crippen molar-refractivity contribution in [1.82, 2.24) is 4.98 Å². The van der Waals surface area contributed by atoms with Crippen LogP contribution in [0, 0.1) is 0 Å². The number of methoxy groups -OCH3 is 1. The van der Waals surface area contributed by atoms with Crippen LogP contribution < -0.4 is 4.74 Å². The number of aryl methyl sites for hydroxylation is 2. The number of hydrogen-bond acceptors (Lipinski definition) is 6. The third kappa shape index (κ3) is 3.96. The first-order chi connectivity index (χ1) is 12.1. The number of ketones is 1. The number of hydrogen-bond donors (Lipinski definition) is 1. The van der Waals surface area contributed by atoms with E-state index in [0.717, 1.165) is 25.0 Å². The zero-order valence-electron chi connectivity index (χ0n) is 14.3. The first kappa shape index (κ1) is 17.4. The highest BCUT2D eigenvalue weighted by Gasteiger charge is 2.15. The van der Waals surface area contributed by atoms with Crippen LogP contribution >= 0.6 is 11.3 Å². The molecule has 0 aliphatic heterocycles. The number of allylic oxidation sites excluding steroid dienone is 1. The molecule has 0 saturated heterocycles. The van der Waals surface area contributed by atoms with Crippen LogP contribution in [0.15, 0.2) is 34.8 Å². The Labute approximate surface area is 150 Å². The minimum absolute atomic E-state index is 0.0970. The third-order valence-corrected chi connectivity index (χ3v) is 5.20. The summed E-state index contributed by atoms with van der Waals surface area (Å²) in [5.41, 5.74) is 1.82. The molecule has 0 bridgehead atoms. The maximum Gasteiger partial charge on any atom is 0.209 e. The summed E-state index contributed by atoms with van der Waals surface area (Å²) < 4.78 is 5.10. The van der Waals surface area contributed by atoms with E-state index in [1.165, 1.54) is 24.4 Å². The van der Waals surface area contributed by atoms with Gasteiger partial charge in [0.1, 0.15) is 11.5 Å². The third-order valence-electron chi connectivity index (χ3n) is 4.14. The number of aliphatic imine (C=N–C) groups is 1. The van der Waals surface area contributed by atoms with Gasteiger partial charge in [-0.2, -0.15) is 0 Å². The van der Waals surface area contributed by atoms with Crippen LogP contribution in [0.1, 0.15) is 35.9 Å². The number of rotatable bonds is 5. The lowest BCUT2D eigenvalue weighted by atomic mass is 10.0. The van der Waals surface area contributed by atoms with Gasteiger partial charge in [0.2, 0.25) is 5.13 Å². The molecule has 25 heavy (non-hydrogen) atoms. The van der Waals surface area contributed by atoms with Gasteiger partial charge in [-0.15, -0.1) is 0 Å². The summed E-state index contributed by atoms with van der Waals surface area (Å²) in [5, 5.41) is 11.1. The molecule has 0 atom stereocenters. The minimum atomic E-state index is -0.251. The normalized spacial score (nSPS) is 15.0. The van der Waals surface area contributed by atoms with Crippen molar-refractivity contribution in [3.8, 4) is 5.75 Å². The quantitative estimate of drug-likeness (QED) is 0.493. The van der Waals surface area contributed by atoms with Gasteiger partial charge >= 0.3 is 0 Å². The number of aromatic nitrogens is 1. The lowest BCUT2D eigenvalue weighted by molar-refractivity contribution is -0.113. The minimum Gasteiger partial charge on any atom is -0.507 e. The van der Waals surface area contributed by atoms with Crippen molar-refractivity contribution in [3.05, 3.63) is 46.0 Å². The molecule has 1 aromatic carbocycles. The second-order valence-electron chi connectivity index (χ2n) is 5.88. The molecule has 0 amide bonds. The van der Waals surface area contributed by atoms with Gasteiger partial charge in [0, 0.05) is 16.7 Å². The van der Waals surface area contributed by atoms with E-state index in [-0.39, 0.29) is 17.1 Å². The first-order valence-corrected chi connectivity index (χ1v) is 9.01. The molecule has 1 aliphatic rings. The fraction of sp³-hybridized carbons (Fsp3) is 0.316. The number of Topliss-reactive ketones (excluding diaryl/α,β-unsaturated/α-hetero) is 1. The molecule has 1 N–H and O–H groups in total.